The van der Waals surface area contributed by atoms with E-state index in [0.29, 0.717) is 23.0 Å². The normalized spacial score (nSPS) is 14.2. The summed E-state index contributed by atoms with van der Waals surface area (Å²) in [4.78, 5) is 24.7. The quantitative estimate of drug-likeness (QED) is 0.902. The summed E-state index contributed by atoms with van der Waals surface area (Å²) in [6.45, 7) is 2.07. The van der Waals surface area contributed by atoms with Gasteiger partial charge in [0.25, 0.3) is 5.91 Å². The highest BCUT2D eigenvalue weighted by atomic mass is 35.5. The molecule has 2 rings (SSSR count). The number of nitrogens with zero attached hydrogens (tertiary/aromatic N) is 1. The molecule has 0 aromatic heterocycles. The van der Waals surface area contributed by atoms with Crippen LogP contribution in [0, 0.1) is 12.8 Å². The summed E-state index contributed by atoms with van der Waals surface area (Å²) in [5.41, 5.74) is 1.29. The van der Waals surface area contributed by atoms with Gasteiger partial charge in [-0.25, -0.2) is 0 Å². The van der Waals surface area contributed by atoms with E-state index in [4.69, 9.17) is 16.7 Å². The first kappa shape index (κ1) is 13.9. The van der Waals surface area contributed by atoms with E-state index < -0.39 is 5.97 Å². The third-order valence-corrected chi connectivity index (χ3v) is 3.44. The molecule has 1 amide bonds. The second kappa shape index (κ2) is 5.61. The molecule has 1 aromatic rings. The second-order valence-corrected chi connectivity index (χ2v) is 5.42. The van der Waals surface area contributed by atoms with Crippen LogP contribution in [0.5, 0.6) is 0 Å². The Morgan fingerprint density at radius 2 is 2.11 bits per heavy atom. The van der Waals surface area contributed by atoms with Gasteiger partial charge in [0, 0.05) is 17.1 Å². The minimum Gasteiger partial charge on any atom is -0.480 e. The number of aryl methyl sites for hydroxylation is 1. The Labute approximate surface area is 117 Å². The van der Waals surface area contributed by atoms with Crippen LogP contribution in [-0.2, 0) is 4.79 Å². The first-order chi connectivity index (χ1) is 8.97. The zero-order valence-corrected chi connectivity index (χ0v) is 11.5. The van der Waals surface area contributed by atoms with Gasteiger partial charge in [0.05, 0.1) is 0 Å². The molecule has 0 atom stereocenters. The predicted octanol–water partition coefficient (Wildman–Crippen LogP) is 2.59. The summed E-state index contributed by atoms with van der Waals surface area (Å²) >= 11 is 5.86. The number of carboxylic acids is 1. The van der Waals surface area contributed by atoms with Crippen LogP contribution in [0.1, 0.15) is 28.8 Å². The van der Waals surface area contributed by atoms with Gasteiger partial charge >= 0.3 is 5.97 Å². The summed E-state index contributed by atoms with van der Waals surface area (Å²) in [6.07, 6.45) is 2.14. The first-order valence-electron chi connectivity index (χ1n) is 6.24. The van der Waals surface area contributed by atoms with Gasteiger partial charge in [-0.1, -0.05) is 11.6 Å². The number of carboxylic acid groups (broad SMARTS) is 1. The maximum atomic E-state index is 12.4. The van der Waals surface area contributed by atoms with E-state index >= 15 is 0 Å². The Morgan fingerprint density at radius 1 is 1.42 bits per heavy atom. The molecule has 1 aromatic carbocycles. The molecule has 1 fully saturated rings. The third-order valence-electron chi connectivity index (χ3n) is 3.21. The average Bonchev–Trinajstić information content (AvgIpc) is 3.10. The second-order valence-electron chi connectivity index (χ2n) is 4.98. The van der Waals surface area contributed by atoms with Crippen molar-refractivity contribution in [3.05, 3.63) is 34.3 Å². The largest absolute Gasteiger partial charge is 0.480 e. The molecule has 0 radical (unpaired) electrons. The fourth-order valence-corrected chi connectivity index (χ4v) is 2.26. The van der Waals surface area contributed by atoms with Crippen LogP contribution in [0.3, 0.4) is 0 Å². The van der Waals surface area contributed by atoms with Crippen LogP contribution in [0.4, 0.5) is 0 Å². The molecule has 0 aliphatic heterocycles. The van der Waals surface area contributed by atoms with Crippen LogP contribution in [0.25, 0.3) is 0 Å². The molecule has 4 nitrogen and oxygen atoms in total. The SMILES string of the molecule is Cc1cc(Cl)ccc1C(=O)N(CC(=O)O)CC1CC1. The van der Waals surface area contributed by atoms with Crippen LogP contribution in [0.15, 0.2) is 18.2 Å². The molecule has 19 heavy (non-hydrogen) atoms. The van der Waals surface area contributed by atoms with Gasteiger partial charge in [-0.3, -0.25) is 9.59 Å². The Morgan fingerprint density at radius 3 is 2.63 bits per heavy atom. The van der Waals surface area contributed by atoms with E-state index in [-0.39, 0.29) is 12.5 Å². The molecule has 102 valence electrons. The number of rotatable bonds is 5. The number of benzene rings is 1. The number of hydrogen-bond acceptors (Lipinski definition) is 2. The number of carbonyl (C=O) groups is 2. The molecule has 0 saturated heterocycles. The van der Waals surface area contributed by atoms with Gasteiger partial charge < -0.3 is 10.0 Å². The van der Waals surface area contributed by atoms with E-state index in [0.717, 1.165) is 18.4 Å². The highest BCUT2D eigenvalue weighted by Crippen LogP contribution is 2.30. The number of halogens is 1. The predicted molar refractivity (Wildman–Crippen MR) is 72.5 cm³/mol. The molecule has 0 heterocycles. The van der Waals surface area contributed by atoms with Crippen molar-refractivity contribution >= 4 is 23.5 Å². The number of carbonyl (C=O) groups excluding carboxylic acids is 1. The Balaban J connectivity index is 2.19. The van der Waals surface area contributed by atoms with E-state index in [1.807, 2.05) is 0 Å². The van der Waals surface area contributed by atoms with Crippen molar-refractivity contribution in [2.45, 2.75) is 19.8 Å². The van der Waals surface area contributed by atoms with E-state index in [1.165, 1.54) is 4.90 Å². The number of aliphatic carboxylic acids is 1. The van der Waals surface area contributed by atoms with Crippen LogP contribution in [-0.4, -0.2) is 35.0 Å². The molecule has 0 spiro atoms. The third kappa shape index (κ3) is 3.70. The number of hydrogen-bond donors (Lipinski definition) is 1. The van der Waals surface area contributed by atoms with Crippen molar-refractivity contribution < 1.29 is 14.7 Å². The minimum atomic E-state index is -0.986. The van der Waals surface area contributed by atoms with Gasteiger partial charge in [-0.05, 0) is 49.4 Å². The zero-order valence-electron chi connectivity index (χ0n) is 10.7. The van der Waals surface area contributed by atoms with E-state index in [1.54, 1.807) is 25.1 Å². The van der Waals surface area contributed by atoms with Crippen molar-refractivity contribution in [1.29, 1.82) is 0 Å². The highest BCUT2D eigenvalue weighted by molar-refractivity contribution is 6.30. The fraction of sp³-hybridized carbons (Fsp3) is 0.429. The molecule has 0 bridgehead atoms. The monoisotopic (exact) mass is 281 g/mol. The number of amides is 1. The Hall–Kier alpha value is -1.55. The summed E-state index contributed by atoms with van der Waals surface area (Å²) in [6, 6.07) is 5.02. The molecule has 1 saturated carbocycles. The van der Waals surface area contributed by atoms with E-state index in [9.17, 15) is 9.59 Å². The van der Waals surface area contributed by atoms with Gasteiger partial charge in [0.15, 0.2) is 0 Å². The van der Waals surface area contributed by atoms with Crippen molar-refractivity contribution in [2.24, 2.45) is 5.92 Å². The molecule has 5 heteroatoms. The standard InChI is InChI=1S/C14H16ClNO3/c1-9-6-11(15)4-5-12(9)14(19)16(8-13(17)18)7-10-2-3-10/h4-6,10H,2-3,7-8H2,1H3,(H,17,18). The summed E-state index contributed by atoms with van der Waals surface area (Å²) in [5.74, 6) is -0.764. The Bertz CT molecular complexity index is 511. The Kier molecular flexibility index (Phi) is 4.10. The lowest BCUT2D eigenvalue weighted by atomic mass is 10.1. The lowest BCUT2D eigenvalue weighted by molar-refractivity contribution is -0.137. The summed E-state index contributed by atoms with van der Waals surface area (Å²) in [7, 11) is 0. The van der Waals surface area contributed by atoms with Crippen molar-refractivity contribution in [2.75, 3.05) is 13.1 Å². The van der Waals surface area contributed by atoms with E-state index in [2.05, 4.69) is 0 Å². The summed E-state index contributed by atoms with van der Waals surface area (Å²) < 4.78 is 0. The smallest absolute Gasteiger partial charge is 0.323 e. The summed E-state index contributed by atoms with van der Waals surface area (Å²) in [5, 5.41) is 9.48. The van der Waals surface area contributed by atoms with Crippen molar-refractivity contribution in [1.82, 2.24) is 4.90 Å². The van der Waals surface area contributed by atoms with Gasteiger partial charge in [-0.2, -0.15) is 0 Å². The lowest BCUT2D eigenvalue weighted by Crippen LogP contribution is -2.37. The molecular weight excluding hydrogens is 266 g/mol. The van der Waals surface area contributed by atoms with Gasteiger partial charge in [-0.15, -0.1) is 0 Å². The molecule has 1 N–H and O–H groups in total. The van der Waals surface area contributed by atoms with Gasteiger partial charge in [0.1, 0.15) is 6.54 Å². The fourth-order valence-electron chi connectivity index (χ4n) is 2.03. The maximum absolute atomic E-state index is 12.4. The first-order valence-corrected chi connectivity index (χ1v) is 6.62. The molecule has 1 aliphatic rings. The molecular formula is C14H16ClNO3. The van der Waals surface area contributed by atoms with Crippen molar-refractivity contribution in [3.8, 4) is 0 Å². The highest BCUT2D eigenvalue weighted by Gasteiger charge is 2.28. The molecule has 0 unspecified atom stereocenters. The minimum absolute atomic E-state index is 0.233. The van der Waals surface area contributed by atoms with Crippen LogP contribution in [0.2, 0.25) is 5.02 Å². The van der Waals surface area contributed by atoms with Gasteiger partial charge in [0.2, 0.25) is 0 Å². The average molecular weight is 282 g/mol. The zero-order chi connectivity index (χ0) is 14.0. The topological polar surface area (TPSA) is 57.6 Å². The van der Waals surface area contributed by atoms with Crippen LogP contribution < -0.4 is 0 Å². The lowest BCUT2D eigenvalue weighted by Gasteiger charge is -2.21. The maximum Gasteiger partial charge on any atom is 0.323 e. The van der Waals surface area contributed by atoms with Crippen LogP contribution >= 0.6 is 11.6 Å². The van der Waals surface area contributed by atoms with Crippen molar-refractivity contribution in [3.63, 3.8) is 0 Å². The molecule has 1 aliphatic carbocycles.